The Bertz CT molecular complexity index is 981. The fraction of sp³-hybridized carbons (Fsp3) is 0.0526. The van der Waals surface area contributed by atoms with Crippen molar-refractivity contribution in [2.24, 2.45) is 0 Å². The number of hydrogen-bond acceptors (Lipinski definition) is 4. The van der Waals surface area contributed by atoms with Gasteiger partial charge in [0, 0.05) is 20.6 Å². The molecule has 0 radical (unpaired) electrons. The molecular formula is C19H13Cl2F3NO3PS. The minimum atomic E-state index is -4.40. The number of anilines is 1. The van der Waals surface area contributed by atoms with E-state index in [4.69, 9.17) is 32.2 Å². The first-order valence-electron chi connectivity index (χ1n) is 8.25. The predicted molar refractivity (Wildman–Crippen MR) is 114 cm³/mol. The molecule has 0 heterocycles. The summed E-state index contributed by atoms with van der Waals surface area (Å²) in [6, 6.07) is 17.4. The Kier molecular flexibility index (Phi) is 7.14. The summed E-state index contributed by atoms with van der Waals surface area (Å²) in [6.45, 7) is 0. The average molecular weight is 494 g/mol. The largest absolute Gasteiger partial charge is 0.541 e. The van der Waals surface area contributed by atoms with Gasteiger partial charge in [-0.05, 0) is 84.6 Å². The smallest absolute Gasteiger partial charge is 0.400 e. The highest BCUT2D eigenvalue weighted by Crippen LogP contribution is 2.49. The van der Waals surface area contributed by atoms with E-state index in [1.165, 1.54) is 48.5 Å². The van der Waals surface area contributed by atoms with E-state index in [0.717, 1.165) is 0 Å². The van der Waals surface area contributed by atoms with Crippen molar-refractivity contribution in [3.63, 3.8) is 0 Å². The lowest BCUT2D eigenvalue weighted by Gasteiger charge is -2.21. The molecule has 1 N–H and O–H groups in total. The minimum Gasteiger partial charge on any atom is -0.400 e. The third kappa shape index (κ3) is 7.06. The number of alkyl halides is 3. The Hall–Kier alpha value is -1.99. The molecule has 3 aromatic rings. The van der Waals surface area contributed by atoms with Crippen LogP contribution >= 0.6 is 42.7 Å². The van der Waals surface area contributed by atoms with Gasteiger partial charge in [-0.25, -0.2) is 4.57 Å². The number of halogens is 5. The molecule has 0 aromatic heterocycles. The van der Waals surface area contributed by atoms with Crippen LogP contribution in [0, 0.1) is 0 Å². The van der Waals surface area contributed by atoms with Gasteiger partial charge in [-0.2, -0.15) is 13.2 Å². The lowest BCUT2D eigenvalue weighted by molar-refractivity contribution is -0.0328. The molecule has 30 heavy (non-hydrogen) atoms. The van der Waals surface area contributed by atoms with Gasteiger partial charge in [0.15, 0.2) is 0 Å². The van der Waals surface area contributed by atoms with Crippen LogP contribution < -0.4 is 14.1 Å². The van der Waals surface area contributed by atoms with Crippen molar-refractivity contribution in [1.29, 1.82) is 0 Å². The van der Waals surface area contributed by atoms with Crippen molar-refractivity contribution in [2.45, 2.75) is 10.4 Å². The van der Waals surface area contributed by atoms with Gasteiger partial charge in [0.2, 0.25) is 0 Å². The molecular weight excluding hydrogens is 481 g/mol. The van der Waals surface area contributed by atoms with E-state index >= 15 is 0 Å². The van der Waals surface area contributed by atoms with Crippen molar-refractivity contribution in [3.8, 4) is 11.5 Å². The zero-order valence-corrected chi connectivity index (χ0v) is 18.1. The Morgan fingerprint density at radius 3 is 1.60 bits per heavy atom. The summed E-state index contributed by atoms with van der Waals surface area (Å²) in [4.78, 5) is -0.0138. The molecule has 0 aliphatic rings. The number of thioether (sulfide) groups is 1. The molecule has 0 saturated heterocycles. The Balaban J connectivity index is 1.83. The molecule has 3 aromatic carbocycles. The van der Waals surface area contributed by atoms with Crippen LogP contribution in [0.25, 0.3) is 0 Å². The lowest BCUT2D eigenvalue weighted by atomic mass is 10.3. The SMILES string of the molecule is O=P(Nc1ccc(SC(F)(F)F)cc1)(Oc1ccc(Cl)cc1)Oc1ccc(Cl)cc1. The molecule has 158 valence electrons. The highest BCUT2D eigenvalue weighted by atomic mass is 35.5. The zero-order valence-electron chi connectivity index (χ0n) is 14.9. The highest BCUT2D eigenvalue weighted by molar-refractivity contribution is 8.00. The fourth-order valence-corrected chi connectivity index (χ4v) is 4.41. The van der Waals surface area contributed by atoms with E-state index in [1.54, 1.807) is 24.3 Å². The molecule has 0 aliphatic heterocycles. The van der Waals surface area contributed by atoms with Crippen LogP contribution in [-0.4, -0.2) is 5.51 Å². The van der Waals surface area contributed by atoms with Crippen molar-refractivity contribution in [2.75, 3.05) is 5.09 Å². The quantitative estimate of drug-likeness (QED) is 0.265. The molecule has 3 rings (SSSR count). The zero-order chi connectivity index (χ0) is 21.8. The summed E-state index contributed by atoms with van der Waals surface area (Å²) in [5.74, 6) is 0.432. The lowest BCUT2D eigenvalue weighted by Crippen LogP contribution is -2.10. The first-order valence-corrected chi connectivity index (χ1v) is 11.4. The fourth-order valence-electron chi connectivity index (χ4n) is 2.22. The second-order valence-electron chi connectivity index (χ2n) is 5.77. The van der Waals surface area contributed by atoms with Gasteiger partial charge in [-0.15, -0.1) is 0 Å². The highest BCUT2D eigenvalue weighted by Gasteiger charge is 2.31. The van der Waals surface area contributed by atoms with Gasteiger partial charge in [0.1, 0.15) is 11.5 Å². The Morgan fingerprint density at radius 1 is 0.767 bits per heavy atom. The van der Waals surface area contributed by atoms with Gasteiger partial charge < -0.3 is 9.05 Å². The normalized spacial score (nSPS) is 11.8. The van der Waals surface area contributed by atoms with Crippen LogP contribution in [0.15, 0.2) is 77.7 Å². The summed E-state index contributed by atoms with van der Waals surface area (Å²) in [5.41, 5.74) is -4.16. The van der Waals surface area contributed by atoms with E-state index in [1.807, 2.05) is 0 Å². The Labute approximate surface area is 184 Å². The van der Waals surface area contributed by atoms with Crippen LogP contribution in [0.2, 0.25) is 10.0 Å². The third-order valence-corrected chi connectivity index (χ3v) is 6.11. The van der Waals surface area contributed by atoms with Crippen LogP contribution in [0.1, 0.15) is 0 Å². The molecule has 0 fully saturated rings. The van der Waals surface area contributed by atoms with Gasteiger partial charge in [-0.3, -0.25) is 5.09 Å². The number of rotatable bonds is 7. The molecule has 0 atom stereocenters. The standard InChI is InChI=1S/C19H13Cl2F3NO3PS/c20-13-1-7-16(8-2-13)27-29(26,28-17-9-3-14(21)4-10-17)25-15-5-11-18(12-6-15)30-19(22,23)24/h1-12H,(H,25,26). The molecule has 11 heteroatoms. The molecule has 4 nitrogen and oxygen atoms in total. The van der Waals surface area contributed by atoms with Crippen LogP contribution in [0.5, 0.6) is 11.5 Å². The van der Waals surface area contributed by atoms with E-state index < -0.39 is 13.3 Å². The van der Waals surface area contributed by atoms with E-state index in [-0.39, 0.29) is 33.8 Å². The number of hydrogen-bond donors (Lipinski definition) is 1. The van der Waals surface area contributed by atoms with E-state index in [9.17, 15) is 17.7 Å². The third-order valence-electron chi connectivity index (χ3n) is 3.43. The van der Waals surface area contributed by atoms with Crippen LogP contribution in [0.4, 0.5) is 18.9 Å². The topological polar surface area (TPSA) is 47.6 Å². The molecule has 0 saturated carbocycles. The second kappa shape index (κ2) is 9.43. The molecule has 0 amide bonds. The first-order chi connectivity index (χ1) is 14.1. The van der Waals surface area contributed by atoms with Gasteiger partial charge >= 0.3 is 13.3 Å². The number of benzene rings is 3. The summed E-state index contributed by atoms with van der Waals surface area (Å²) in [6.07, 6.45) is 0. The summed E-state index contributed by atoms with van der Waals surface area (Å²) in [7, 11) is -4.04. The number of nitrogens with one attached hydrogen (secondary N) is 1. The van der Waals surface area contributed by atoms with E-state index in [2.05, 4.69) is 5.09 Å². The predicted octanol–water partition coefficient (Wildman–Crippen LogP) is 8.28. The van der Waals surface area contributed by atoms with E-state index in [0.29, 0.717) is 10.0 Å². The molecule has 0 bridgehead atoms. The van der Waals surface area contributed by atoms with Gasteiger partial charge in [0.05, 0.1) is 0 Å². The Morgan fingerprint density at radius 2 is 1.20 bits per heavy atom. The van der Waals surface area contributed by atoms with Crippen molar-refractivity contribution in [1.82, 2.24) is 0 Å². The average Bonchev–Trinajstić information content (AvgIpc) is 2.66. The maximum Gasteiger partial charge on any atom is 0.541 e. The van der Waals surface area contributed by atoms with Gasteiger partial charge in [0.25, 0.3) is 0 Å². The van der Waals surface area contributed by atoms with Crippen molar-refractivity contribution in [3.05, 3.63) is 82.8 Å². The minimum absolute atomic E-state index is 0.0138. The van der Waals surface area contributed by atoms with Crippen molar-refractivity contribution >= 4 is 48.4 Å². The first kappa shape index (κ1) is 22.7. The van der Waals surface area contributed by atoms with Gasteiger partial charge in [-0.1, -0.05) is 23.2 Å². The summed E-state index contributed by atoms with van der Waals surface area (Å²) in [5, 5.41) is 3.55. The molecule has 0 aliphatic carbocycles. The summed E-state index contributed by atoms with van der Waals surface area (Å²) >= 11 is 11.5. The van der Waals surface area contributed by atoms with Crippen LogP contribution in [-0.2, 0) is 4.57 Å². The molecule has 0 unspecified atom stereocenters. The van der Waals surface area contributed by atoms with Crippen LogP contribution in [0.3, 0.4) is 0 Å². The maximum absolute atomic E-state index is 13.4. The monoisotopic (exact) mass is 493 g/mol. The maximum atomic E-state index is 13.4. The molecule has 0 spiro atoms. The summed E-state index contributed by atoms with van der Waals surface area (Å²) < 4.78 is 62.0. The van der Waals surface area contributed by atoms with Crippen molar-refractivity contribution < 1.29 is 26.8 Å². The second-order valence-corrected chi connectivity index (χ2v) is 9.37.